The molecule has 0 aromatic heterocycles. The molecule has 4 rings (SSSR count). The number of amides is 6. The highest BCUT2D eigenvalue weighted by molar-refractivity contribution is 5.94. The summed E-state index contributed by atoms with van der Waals surface area (Å²) in [4.78, 5) is 51.5. The van der Waals surface area contributed by atoms with Gasteiger partial charge in [0.1, 0.15) is 12.1 Å². The van der Waals surface area contributed by atoms with E-state index in [4.69, 9.17) is 0 Å². The Morgan fingerprint density at radius 2 is 0.783 bits per heavy atom. The number of unbranched alkanes of at least 4 members (excludes halogenated alkanes) is 1. The van der Waals surface area contributed by atoms with E-state index in [9.17, 15) is 19.2 Å². The lowest BCUT2D eigenvalue weighted by molar-refractivity contribution is -0.123. The van der Waals surface area contributed by atoms with Gasteiger partial charge in [0.25, 0.3) is 0 Å². The van der Waals surface area contributed by atoms with Crippen molar-refractivity contribution in [3.05, 3.63) is 132 Å². The van der Waals surface area contributed by atoms with Gasteiger partial charge in [-0.2, -0.15) is 0 Å². The lowest BCUT2D eigenvalue weighted by Gasteiger charge is -2.20. The fraction of sp³-hybridized carbons (Fsp3) is 0.222. The van der Waals surface area contributed by atoms with Crippen LogP contribution in [0.25, 0.3) is 0 Å². The number of carbonyl (C=O) groups excluding carboxylic acids is 4. The Labute approximate surface area is 269 Å². The van der Waals surface area contributed by atoms with E-state index >= 15 is 0 Å². The molecule has 2 atom stereocenters. The summed E-state index contributed by atoms with van der Waals surface area (Å²) in [5.74, 6) is -0.597. The monoisotopic (exact) mass is 620 g/mol. The van der Waals surface area contributed by atoms with Crippen molar-refractivity contribution >= 4 is 35.3 Å². The maximum absolute atomic E-state index is 13.1. The molecule has 0 saturated carbocycles. The summed E-state index contributed by atoms with van der Waals surface area (Å²) in [7, 11) is 0. The van der Waals surface area contributed by atoms with Crippen molar-refractivity contribution in [2.45, 2.75) is 37.8 Å². The minimum Gasteiger partial charge on any atom is -0.354 e. The van der Waals surface area contributed by atoms with E-state index in [1.807, 2.05) is 97.1 Å². The van der Waals surface area contributed by atoms with Crippen LogP contribution in [0.5, 0.6) is 0 Å². The van der Waals surface area contributed by atoms with Crippen molar-refractivity contribution in [2.75, 3.05) is 23.7 Å². The molecule has 0 heterocycles. The first-order valence-electron chi connectivity index (χ1n) is 15.3. The smallest absolute Gasteiger partial charge is 0.319 e. The molecule has 0 aliphatic rings. The van der Waals surface area contributed by atoms with E-state index in [1.165, 1.54) is 0 Å². The van der Waals surface area contributed by atoms with E-state index < -0.39 is 24.1 Å². The number of urea groups is 2. The second kappa shape index (κ2) is 18.2. The molecule has 10 heteroatoms. The lowest BCUT2D eigenvalue weighted by Crippen LogP contribution is -2.50. The standard InChI is InChI=1S/C36H40N6O4/c43-33(31(25-27-15-5-1-6-16-27)41-35(45)39-29-19-9-3-10-20-29)37-23-13-14-24-38-34(44)32(26-28-17-7-2-8-18-28)42-36(46)40-30-21-11-4-12-22-30/h1-12,15-22,31-32H,13-14,23-26H2,(H,37,43)(H,38,44)(H2,39,41,45)(H2,40,42,46)/t31-,32-/m0/s1. The molecule has 0 aliphatic heterocycles. The fourth-order valence-corrected chi connectivity index (χ4v) is 4.73. The Balaban J connectivity index is 1.24. The molecule has 238 valence electrons. The summed E-state index contributed by atoms with van der Waals surface area (Å²) in [6.07, 6.45) is 1.87. The van der Waals surface area contributed by atoms with Crippen molar-refractivity contribution < 1.29 is 19.2 Å². The highest BCUT2D eigenvalue weighted by atomic mass is 16.2. The molecule has 0 unspecified atom stereocenters. The van der Waals surface area contributed by atoms with Gasteiger partial charge in [-0.1, -0.05) is 97.1 Å². The quantitative estimate of drug-likeness (QED) is 0.106. The van der Waals surface area contributed by atoms with Crippen LogP contribution in [0.1, 0.15) is 24.0 Å². The molecule has 0 aliphatic carbocycles. The van der Waals surface area contributed by atoms with Gasteiger partial charge in [0.2, 0.25) is 11.8 Å². The number of benzene rings is 4. The number of carbonyl (C=O) groups is 4. The van der Waals surface area contributed by atoms with E-state index in [1.54, 1.807) is 24.3 Å². The second-order valence-corrected chi connectivity index (χ2v) is 10.7. The van der Waals surface area contributed by atoms with Crippen molar-refractivity contribution in [3.63, 3.8) is 0 Å². The summed E-state index contributed by atoms with van der Waals surface area (Å²) in [6.45, 7) is 0.736. The molecule has 0 saturated heterocycles. The van der Waals surface area contributed by atoms with Gasteiger partial charge in [0.05, 0.1) is 0 Å². The van der Waals surface area contributed by atoms with Gasteiger partial charge in [-0.3, -0.25) is 9.59 Å². The third-order valence-electron chi connectivity index (χ3n) is 7.07. The van der Waals surface area contributed by atoms with Gasteiger partial charge in [-0.15, -0.1) is 0 Å². The van der Waals surface area contributed by atoms with Crippen molar-refractivity contribution in [3.8, 4) is 0 Å². The van der Waals surface area contributed by atoms with Crippen LogP contribution >= 0.6 is 0 Å². The molecular formula is C36H40N6O4. The minimum atomic E-state index is -0.780. The van der Waals surface area contributed by atoms with Crippen LogP contribution in [-0.2, 0) is 22.4 Å². The van der Waals surface area contributed by atoms with E-state index in [0.29, 0.717) is 50.1 Å². The summed E-state index contributed by atoms with van der Waals surface area (Å²) in [6, 6.07) is 34.5. The molecule has 4 aromatic carbocycles. The summed E-state index contributed by atoms with van der Waals surface area (Å²) < 4.78 is 0. The third-order valence-corrected chi connectivity index (χ3v) is 7.07. The van der Waals surface area contributed by atoms with Crippen LogP contribution in [0, 0.1) is 0 Å². The first-order valence-corrected chi connectivity index (χ1v) is 15.3. The van der Waals surface area contributed by atoms with Gasteiger partial charge >= 0.3 is 12.1 Å². The Morgan fingerprint density at radius 1 is 0.457 bits per heavy atom. The van der Waals surface area contributed by atoms with E-state index in [0.717, 1.165) is 11.1 Å². The molecule has 10 nitrogen and oxygen atoms in total. The number of hydrogen-bond acceptors (Lipinski definition) is 4. The summed E-state index contributed by atoms with van der Waals surface area (Å²) in [5.41, 5.74) is 3.08. The first-order chi connectivity index (χ1) is 22.5. The predicted octanol–water partition coefficient (Wildman–Crippen LogP) is 4.87. The zero-order valence-electron chi connectivity index (χ0n) is 25.6. The first kappa shape index (κ1) is 33.3. The molecule has 0 radical (unpaired) electrons. The number of para-hydroxylation sites is 2. The average molecular weight is 621 g/mol. The van der Waals surface area contributed by atoms with Gasteiger partial charge in [-0.05, 0) is 48.2 Å². The zero-order valence-corrected chi connectivity index (χ0v) is 25.6. The van der Waals surface area contributed by atoms with Crippen LogP contribution in [-0.4, -0.2) is 49.0 Å². The molecule has 0 bridgehead atoms. The molecular weight excluding hydrogens is 580 g/mol. The Kier molecular flexibility index (Phi) is 13.2. The van der Waals surface area contributed by atoms with Crippen LogP contribution in [0.3, 0.4) is 0 Å². The Hall–Kier alpha value is -5.64. The van der Waals surface area contributed by atoms with Gasteiger partial charge in [-0.25, -0.2) is 9.59 Å². The predicted molar refractivity (Wildman–Crippen MR) is 180 cm³/mol. The normalized spacial score (nSPS) is 11.7. The molecule has 4 aromatic rings. The number of hydrogen-bond donors (Lipinski definition) is 6. The molecule has 0 spiro atoms. The van der Waals surface area contributed by atoms with Crippen LogP contribution in [0.2, 0.25) is 0 Å². The SMILES string of the molecule is O=C(Nc1ccccc1)N[C@@H](Cc1ccccc1)C(=O)NCCCCNC(=O)[C@H](Cc1ccccc1)NC(=O)Nc1ccccc1. The summed E-state index contributed by atoms with van der Waals surface area (Å²) >= 11 is 0. The number of anilines is 2. The topological polar surface area (TPSA) is 140 Å². The van der Waals surface area contributed by atoms with E-state index in [-0.39, 0.29) is 11.8 Å². The maximum atomic E-state index is 13.1. The Morgan fingerprint density at radius 3 is 1.13 bits per heavy atom. The van der Waals surface area contributed by atoms with Crippen LogP contribution in [0.15, 0.2) is 121 Å². The van der Waals surface area contributed by atoms with Gasteiger partial charge in [0, 0.05) is 37.3 Å². The third kappa shape index (κ3) is 11.8. The van der Waals surface area contributed by atoms with E-state index in [2.05, 4.69) is 31.9 Å². The molecule has 46 heavy (non-hydrogen) atoms. The molecule has 6 N–H and O–H groups in total. The lowest BCUT2D eigenvalue weighted by atomic mass is 10.1. The molecule has 0 fully saturated rings. The zero-order chi connectivity index (χ0) is 32.4. The number of rotatable bonds is 15. The molecule has 6 amide bonds. The Bertz CT molecular complexity index is 1400. The second-order valence-electron chi connectivity index (χ2n) is 10.7. The van der Waals surface area contributed by atoms with Crippen molar-refractivity contribution in [2.24, 2.45) is 0 Å². The fourth-order valence-electron chi connectivity index (χ4n) is 4.73. The van der Waals surface area contributed by atoms with Gasteiger partial charge in [0.15, 0.2) is 0 Å². The minimum absolute atomic E-state index is 0.298. The highest BCUT2D eigenvalue weighted by Gasteiger charge is 2.22. The van der Waals surface area contributed by atoms with Crippen LogP contribution in [0.4, 0.5) is 21.0 Å². The maximum Gasteiger partial charge on any atom is 0.319 e. The van der Waals surface area contributed by atoms with Crippen molar-refractivity contribution in [1.29, 1.82) is 0 Å². The van der Waals surface area contributed by atoms with Crippen molar-refractivity contribution in [1.82, 2.24) is 21.3 Å². The average Bonchev–Trinajstić information content (AvgIpc) is 3.07. The largest absolute Gasteiger partial charge is 0.354 e. The number of nitrogens with one attached hydrogen (secondary N) is 6. The summed E-state index contributed by atoms with van der Waals surface area (Å²) in [5, 5.41) is 16.9. The van der Waals surface area contributed by atoms with Gasteiger partial charge < -0.3 is 31.9 Å². The van der Waals surface area contributed by atoms with Crippen LogP contribution < -0.4 is 31.9 Å². The highest BCUT2D eigenvalue weighted by Crippen LogP contribution is 2.09.